The second-order valence-corrected chi connectivity index (χ2v) is 8.25. The summed E-state index contributed by atoms with van der Waals surface area (Å²) in [6, 6.07) is 8.52. The van der Waals surface area contributed by atoms with E-state index in [1.54, 1.807) is 11.3 Å². The first-order chi connectivity index (χ1) is 13.1. The maximum Gasteiger partial charge on any atom is 0.260 e. The van der Waals surface area contributed by atoms with Gasteiger partial charge in [-0.15, -0.1) is 11.3 Å². The topological polar surface area (TPSA) is 55.3 Å². The Bertz CT molecular complexity index is 998. The van der Waals surface area contributed by atoms with E-state index in [4.69, 9.17) is 4.74 Å². The average Bonchev–Trinajstić information content (AvgIpc) is 2.99. The molecule has 0 fully saturated rings. The number of ether oxygens (including phenoxy) is 1. The average molecular weight is 382 g/mol. The number of rotatable bonds is 4. The lowest BCUT2D eigenvalue weighted by Gasteiger charge is -2.33. The molecule has 1 atom stereocenters. The minimum Gasteiger partial charge on any atom is -0.467 e. The van der Waals surface area contributed by atoms with Crippen LogP contribution < -0.4 is 4.74 Å². The van der Waals surface area contributed by atoms with Gasteiger partial charge in [-0.25, -0.2) is 9.97 Å². The Morgan fingerprint density at radius 3 is 2.96 bits per heavy atom. The number of benzene rings is 1. The molecule has 2 heterocycles. The summed E-state index contributed by atoms with van der Waals surface area (Å²) in [5, 5.41) is 0.915. The van der Waals surface area contributed by atoms with Gasteiger partial charge in [0, 0.05) is 11.9 Å². The van der Waals surface area contributed by atoms with Crippen molar-refractivity contribution in [3.63, 3.8) is 0 Å². The molecule has 0 bridgehead atoms. The van der Waals surface area contributed by atoms with Gasteiger partial charge in [-0.05, 0) is 49.8 Å². The SMILES string of the molecule is Cc1sc2ncnc(OCC(=O)N(C)C3CCCc4ccccc43)c2c1C. The van der Waals surface area contributed by atoms with Crippen molar-refractivity contribution < 1.29 is 9.53 Å². The number of carbonyl (C=O) groups is 1. The lowest BCUT2D eigenvalue weighted by atomic mass is 9.87. The van der Waals surface area contributed by atoms with E-state index >= 15 is 0 Å². The first-order valence-corrected chi connectivity index (χ1v) is 10.0. The van der Waals surface area contributed by atoms with Crippen LogP contribution in [0.5, 0.6) is 5.88 Å². The molecule has 1 aliphatic rings. The Balaban J connectivity index is 1.51. The van der Waals surface area contributed by atoms with Gasteiger partial charge >= 0.3 is 0 Å². The van der Waals surface area contributed by atoms with Gasteiger partial charge in [-0.3, -0.25) is 4.79 Å². The highest BCUT2D eigenvalue weighted by Gasteiger charge is 2.27. The summed E-state index contributed by atoms with van der Waals surface area (Å²) < 4.78 is 5.84. The summed E-state index contributed by atoms with van der Waals surface area (Å²) >= 11 is 1.62. The fourth-order valence-corrected chi connectivity index (χ4v) is 4.78. The molecule has 0 spiro atoms. The maximum atomic E-state index is 12.8. The number of hydrogen-bond donors (Lipinski definition) is 0. The predicted octanol–water partition coefficient (Wildman–Crippen LogP) is 4.22. The van der Waals surface area contributed by atoms with E-state index in [0.29, 0.717) is 5.88 Å². The number of aryl methyl sites for hydroxylation is 3. The van der Waals surface area contributed by atoms with Crippen LogP contribution in [-0.2, 0) is 11.2 Å². The quantitative estimate of drug-likeness (QED) is 0.679. The second kappa shape index (κ2) is 7.27. The van der Waals surface area contributed by atoms with Gasteiger partial charge in [0.25, 0.3) is 5.91 Å². The van der Waals surface area contributed by atoms with Crippen LogP contribution in [0.4, 0.5) is 0 Å². The van der Waals surface area contributed by atoms with Gasteiger partial charge in [-0.2, -0.15) is 0 Å². The molecule has 1 amide bonds. The number of amides is 1. The zero-order valence-electron chi connectivity index (χ0n) is 15.9. The van der Waals surface area contributed by atoms with E-state index in [9.17, 15) is 4.79 Å². The molecule has 0 aliphatic heterocycles. The van der Waals surface area contributed by atoms with Gasteiger partial charge < -0.3 is 9.64 Å². The largest absolute Gasteiger partial charge is 0.467 e. The van der Waals surface area contributed by atoms with E-state index in [0.717, 1.165) is 35.0 Å². The van der Waals surface area contributed by atoms with E-state index < -0.39 is 0 Å². The number of likely N-dealkylation sites (N-methyl/N-ethyl adjacent to an activating group) is 1. The number of nitrogens with zero attached hydrogens (tertiary/aromatic N) is 3. The maximum absolute atomic E-state index is 12.8. The van der Waals surface area contributed by atoms with E-state index in [1.165, 1.54) is 22.3 Å². The number of aromatic nitrogens is 2. The molecule has 2 aromatic heterocycles. The molecule has 3 aromatic rings. The molecule has 1 aromatic carbocycles. The van der Waals surface area contributed by atoms with Crippen molar-refractivity contribution in [2.24, 2.45) is 0 Å². The fraction of sp³-hybridized carbons (Fsp3) is 0.381. The zero-order valence-corrected chi connectivity index (χ0v) is 16.7. The van der Waals surface area contributed by atoms with Crippen molar-refractivity contribution in [3.05, 3.63) is 52.2 Å². The Kier molecular flexibility index (Phi) is 4.83. The molecule has 0 saturated carbocycles. The molecular weight excluding hydrogens is 358 g/mol. The molecule has 1 unspecified atom stereocenters. The molecule has 4 rings (SSSR count). The third kappa shape index (κ3) is 3.30. The Labute approximate surface area is 163 Å². The van der Waals surface area contributed by atoms with Gasteiger partial charge in [0.15, 0.2) is 6.61 Å². The lowest BCUT2D eigenvalue weighted by molar-refractivity contribution is -0.134. The summed E-state index contributed by atoms with van der Waals surface area (Å²) in [5.41, 5.74) is 3.72. The standard InChI is InChI=1S/C21H23N3O2S/c1-13-14(2)27-21-19(13)20(22-12-23-21)26-11-18(25)24(3)17-10-6-8-15-7-4-5-9-16(15)17/h4-5,7,9,12,17H,6,8,10-11H2,1-3H3. The molecule has 5 nitrogen and oxygen atoms in total. The summed E-state index contributed by atoms with van der Waals surface area (Å²) in [4.78, 5) is 25.3. The van der Waals surface area contributed by atoms with Crippen molar-refractivity contribution in [2.75, 3.05) is 13.7 Å². The molecule has 140 valence electrons. The molecule has 0 saturated heterocycles. The van der Waals surface area contributed by atoms with Crippen molar-refractivity contribution in [2.45, 2.75) is 39.2 Å². The van der Waals surface area contributed by atoms with Crippen molar-refractivity contribution in [1.29, 1.82) is 0 Å². The Morgan fingerprint density at radius 1 is 1.30 bits per heavy atom. The van der Waals surface area contributed by atoms with Gasteiger partial charge in [0.1, 0.15) is 11.2 Å². The Hall–Kier alpha value is -2.47. The number of fused-ring (bicyclic) bond motifs is 2. The van der Waals surface area contributed by atoms with Crippen LogP contribution in [-0.4, -0.2) is 34.4 Å². The molecular formula is C21H23N3O2S. The fourth-order valence-electron chi connectivity index (χ4n) is 3.80. The van der Waals surface area contributed by atoms with E-state index in [1.807, 2.05) is 24.9 Å². The number of thiophene rings is 1. The molecule has 1 aliphatic carbocycles. The minimum atomic E-state index is -0.0342. The third-order valence-corrected chi connectivity index (χ3v) is 6.58. The van der Waals surface area contributed by atoms with Crippen LogP contribution in [0, 0.1) is 13.8 Å². The first-order valence-electron chi connectivity index (χ1n) is 9.23. The Morgan fingerprint density at radius 2 is 2.11 bits per heavy atom. The monoisotopic (exact) mass is 381 g/mol. The van der Waals surface area contributed by atoms with Crippen LogP contribution in [0.1, 0.15) is 40.5 Å². The normalized spacial score (nSPS) is 16.2. The van der Waals surface area contributed by atoms with Crippen LogP contribution in [0.25, 0.3) is 10.2 Å². The first kappa shape index (κ1) is 17.9. The third-order valence-electron chi connectivity index (χ3n) is 5.46. The van der Waals surface area contributed by atoms with Gasteiger partial charge in [0.05, 0.1) is 11.4 Å². The highest BCUT2D eigenvalue weighted by Crippen LogP contribution is 2.35. The smallest absolute Gasteiger partial charge is 0.260 e. The van der Waals surface area contributed by atoms with Crippen LogP contribution in [0.15, 0.2) is 30.6 Å². The second-order valence-electron chi connectivity index (χ2n) is 7.04. The van der Waals surface area contributed by atoms with Gasteiger partial charge in [-0.1, -0.05) is 24.3 Å². The summed E-state index contributed by atoms with van der Waals surface area (Å²) in [6.07, 6.45) is 4.67. The summed E-state index contributed by atoms with van der Waals surface area (Å²) in [6.45, 7) is 4.08. The summed E-state index contributed by atoms with van der Waals surface area (Å²) in [7, 11) is 1.87. The molecule has 27 heavy (non-hydrogen) atoms. The highest BCUT2D eigenvalue weighted by molar-refractivity contribution is 7.18. The van der Waals surface area contributed by atoms with Gasteiger partial charge in [0.2, 0.25) is 5.88 Å². The zero-order chi connectivity index (χ0) is 19.0. The number of carbonyl (C=O) groups excluding carboxylic acids is 1. The van der Waals surface area contributed by atoms with Crippen LogP contribution in [0.2, 0.25) is 0 Å². The summed E-state index contributed by atoms with van der Waals surface area (Å²) in [5.74, 6) is 0.459. The minimum absolute atomic E-state index is 0.0182. The van der Waals surface area contributed by atoms with E-state index in [-0.39, 0.29) is 18.6 Å². The highest BCUT2D eigenvalue weighted by atomic mass is 32.1. The predicted molar refractivity (Wildman–Crippen MR) is 107 cm³/mol. The van der Waals surface area contributed by atoms with Crippen LogP contribution in [0.3, 0.4) is 0 Å². The lowest BCUT2D eigenvalue weighted by Crippen LogP contribution is -2.36. The molecule has 0 radical (unpaired) electrons. The van der Waals surface area contributed by atoms with E-state index in [2.05, 4.69) is 35.1 Å². The van der Waals surface area contributed by atoms with Crippen LogP contribution >= 0.6 is 11.3 Å². The molecule has 0 N–H and O–H groups in total. The number of hydrogen-bond acceptors (Lipinski definition) is 5. The van der Waals surface area contributed by atoms with Crippen molar-refractivity contribution in [3.8, 4) is 5.88 Å². The molecule has 6 heteroatoms. The van der Waals surface area contributed by atoms with Crippen molar-refractivity contribution >= 4 is 27.5 Å². The van der Waals surface area contributed by atoms with Crippen molar-refractivity contribution in [1.82, 2.24) is 14.9 Å².